The molecule has 0 saturated carbocycles. The second-order valence-electron chi connectivity index (χ2n) is 3.89. The van der Waals surface area contributed by atoms with Crippen LogP contribution in [0.5, 0.6) is 0 Å². The van der Waals surface area contributed by atoms with Crippen LogP contribution in [0.25, 0.3) is 0 Å². The molecule has 0 N–H and O–H groups in total. The Hall–Kier alpha value is -0.0513. The fraction of sp³-hybridized carbons (Fsp3) is 0.444. The fourth-order valence-corrected chi connectivity index (χ4v) is 6.26. The Kier molecular flexibility index (Phi) is 2.57. The van der Waals surface area contributed by atoms with Crippen molar-refractivity contribution in [1.82, 2.24) is 4.98 Å². The number of rotatable bonds is 1. The fourth-order valence-electron chi connectivity index (χ4n) is 1.28. The molecule has 0 atom stereocenters. The van der Waals surface area contributed by atoms with Crippen LogP contribution in [0.3, 0.4) is 0 Å². The molecular formula is C9H15NSn. The van der Waals surface area contributed by atoms with Crippen molar-refractivity contribution in [3.8, 4) is 0 Å². The van der Waals surface area contributed by atoms with E-state index >= 15 is 0 Å². The zero-order chi connectivity index (χ0) is 8.48. The van der Waals surface area contributed by atoms with E-state index in [-0.39, 0.29) is 0 Å². The average Bonchev–Trinajstić information content (AvgIpc) is 1.86. The summed E-state index contributed by atoms with van der Waals surface area (Å²) in [6, 6.07) is 4.28. The summed E-state index contributed by atoms with van der Waals surface area (Å²) in [7, 11) is 0. The van der Waals surface area contributed by atoms with Gasteiger partial charge in [-0.15, -0.1) is 0 Å². The average molecular weight is 256 g/mol. The Bertz CT molecular complexity index is 250. The van der Waals surface area contributed by atoms with E-state index < -0.39 is 18.4 Å². The molecule has 0 spiro atoms. The van der Waals surface area contributed by atoms with Crippen LogP contribution in [-0.4, -0.2) is 23.4 Å². The summed E-state index contributed by atoms with van der Waals surface area (Å²) in [5.41, 5.74) is 1.23. The van der Waals surface area contributed by atoms with E-state index in [4.69, 9.17) is 0 Å². The molecule has 0 radical (unpaired) electrons. The molecule has 0 aliphatic heterocycles. The maximum atomic E-state index is 4.30. The van der Waals surface area contributed by atoms with Crippen LogP contribution in [0.4, 0.5) is 0 Å². The molecule has 0 amide bonds. The van der Waals surface area contributed by atoms with Crippen molar-refractivity contribution in [1.29, 1.82) is 0 Å². The van der Waals surface area contributed by atoms with E-state index in [1.165, 1.54) is 5.69 Å². The van der Waals surface area contributed by atoms with Crippen molar-refractivity contribution in [2.75, 3.05) is 0 Å². The first kappa shape index (κ1) is 9.04. The van der Waals surface area contributed by atoms with Crippen LogP contribution in [-0.2, 0) is 0 Å². The maximum absolute atomic E-state index is 4.30. The number of pyridine rings is 1. The zero-order valence-corrected chi connectivity index (χ0v) is 10.5. The molecule has 1 nitrogen and oxygen atoms in total. The Morgan fingerprint density at radius 2 is 1.91 bits per heavy atom. The van der Waals surface area contributed by atoms with Crippen molar-refractivity contribution in [3.63, 3.8) is 0 Å². The van der Waals surface area contributed by atoms with Crippen molar-refractivity contribution < 1.29 is 0 Å². The quantitative estimate of drug-likeness (QED) is 0.699. The van der Waals surface area contributed by atoms with Crippen molar-refractivity contribution >= 4 is 22.0 Å². The van der Waals surface area contributed by atoms with Gasteiger partial charge in [0, 0.05) is 0 Å². The van der Waals surface area contributed by atoms with Crippen molar-refractivity contribution in [3.05, 3.63) is 24.0 Å². The first-order chi connectivity index (χ1) is 5.02. The summed E-state index contributed by atoms with van der Waals surface area (Å²) in [6.07, 6.45) is 1.87. The van der Waals surface area contributed by atoms with Crippen molar-refractivity contribution in [2.45, 2.75) is 21.7 Å². The van der Waals surface area contributed by atoms with Crippen LogP contribution < -0.4 is 3.58 Å². The van der Waals surface area contributed by atoms with Gasteiger partial charge in [0.15, 0.2) is 0 Å². The third-order valence-corrected chi connectivity index (χ3v) is 7.94. The van der Waals surface area contributed by atoms with E-state index in [1.54, 1.807) is 3.58 Å². The summed E-state index contributed by atoms with van der Waals surface area (Å²) in [5.74, 6) is 0. The van der Waals surface area contributed by atoms with Gasteiger partial charge in [0.2, 0.25) is 0 Å². The minimum absolute atomic E-state index is 1.23. The summed E-state index contributed by atoms with van der Waals surface area (Å²) < 4.78 is 1.54. The van der Waals surface area contributed by atoms with Gasteiger partial charge in [-0.3, -0.25) is 0 Å². The van der Waals surface area contributed by atoms with Gasteiger partial charge in [-0.05, 0) is 0 Å². The molecule has 0 aliphatic carbocycles. The molecule has 2 heteroatoms. The van der Waals surface area contributed by atoms with E-state index in [2.05, 4.69) is 32.8 Å². The van der Waals surface area contributed by atoms with Gasteiger partial charge in [0.25, 0.3) is 0 Å². The molecule has 0 saturated heterocycles. The molecule has 1 aromatic rings. The summed E-state index contributed by atoms with van der Waals surface area (Å²) >= 11 is -1.84. The Balaban J connectivity index is 3.14. The van der Waals surface area contributed by atoms with Gasteiger partial charge < -0.3 is 0 Å². The monoisotopic (exact) mass is 257 g/mol. The summed E-state index contributed by atoms with van der Waals surface area (Å²) in [6.45, 7) is 2.11. The number of hydrogen-bond donors (Lipinski definition) is 0. The molecule has 0 unspecified atom stereocenters. The van der Waals surface area contributed by atoms with Crippen LogP contribution in [0.2, 0.25) is 14.8 Å². The molecule has 0 fully saturated rings. The molecule has 1 aromatic heterocycles. The first-order valence-corrected chi connectivity index (χ1v) is 13.9. The van der Waals surface area contributed by atoms with Crippen LogP contribution in [0.15, 0.2) is 18.3 Å². The topological polar surface area (TPSA) is 12.9 Å². The van der Waals surface area contributed by atoms with Crippen LogP contribution in [0, 0.1) is 6.92 Å². The molecule has 11 heavy (non-hydrogen) atoms. The predicted octanol–water partition coefficient (Wildman–Crippen LogP) is 1.94. The Morgan fingerprint density at radius 1 is 1.27 bits per heavy atom. The third kappa shape index (κ3) is 2.19. The molecule has 1 rings (SSSR count). The molecule has 1 heterocycles. The zero-order valence-electron chi connectivity index (χ0n) is 7.68. The standard InChI is InChI=1S/C6H6N.3CH3.Sn/c1-6-4-2-3-5-7-6;;;;/h2-3,5H,1H3;3*1H3;. The van der Waals surface area contributed by atoms with E-state index in [0.29, 0.717) is 0 Å². The van der Waals surface area contributed by atoms with Crippen LogP contribution >= 0.6 is 0 Å². The first-order valence-electron chi connectivity index (χ1n) is 3.94. The molecule has 0 aliphatic rings. The Labute approximate surface area is 72.7 Å². The second-order valence-corrected chi connectivity index (χ2v) is 18.3. The normalized spacial score (nSPS) is 11.6. The van der Waals surface area contributed by atoms with Crippen molar-refractivity contribution in [2.24, 2.45) is 0 Å². The number of hydrogen-bond acceptors (Lipinski definition) is 1. The van der Waals surface area contributed by atoms with Gasteiger partial charge in [0.1, 0.15) is 0 Å². The van der Waals surface area contributed by atoms with E-state index in [9.17, 15) is 0 Å². The number of aromatic nitrogens is 1. The molecule has 0 bridgehead atoms. The molecule has 60 valence electrons. The summed E-state index contributed by atoms with van der Waals surface area (Å²) in [4.78, 5) is 11.5. The second kappa shape index (κ2) is 3.13. The van der Waals surface area contributed by atoms with E-state index in [0.717, 1.165) is 0 Å². The SMILES string of the molecule is Cc1nccc[c]1[Sn]([CH3])([CH3])[CH3]. The van der Waals surface area contributed by atoms with Gasteiger partial charge in [-0.1, -0.05) is 0 Å². The Morgan fingerprint density at radius 3 is 2.27 bits per heavy atom. The number of nitrogens with zero attached hydrogens (tertiary/aromatic N) is 1. The molecular weight excluding hydrogens is 241 g/mol. The predicted molar refractivity (Wildman–Crippen MR) is 52.0 cm³/mol. The summed E-state index contributed by atoms with van der Waals surface area (Å²) in [5, 5.41) is 0. The third-order valence-electron chi connectivity index (χ3n) is 1.81. The van der Waals surface area contributed by atoms with Crippen LogP contribution in [0.1, 0.15) is 5.69 Å². The van der Waals surface area contributed by atoms with E-state index in [1.807, 2.05) is 12.3 Å². The van der Waals surface area contributed by atoms with Gasteiger partial charge >= 0.3 is 72.7 Å². The van der Waals surface area contributed by atoms with Gasteiger partial charge in [0.05, 0.1) is 0 Å². The van der Waals surface area contributed by atoms with Gasteiger partial charge in [-0.2, -0.15) is 0 Å². The minimum atomic E-state index is -1.84. The van der Waals surface area contributed by atoms with Gasteiger partial charge in [-0.25, -0.2) is 0 Å². The molecule has 0 aromatic carbocycles. The number of aryl methyl sites for hydroxylation is 1.